The van der Waals surface area contributed by atoms with Crippen molar-refractivity contribution >= 4 is 15.8 Å². The number of nitrogens with zero attached hydrogens (tertiary/aromatic N) is 1. The first-order chi connectivity index (χ1) is 9.45. The molecule has 7 heteroatoms. The lowest BCUT2D eigenvalue weighted by Gasteiger charge is -2.33. The second-order valence-electron chi connectivity index (χ2n) is 5.19. The van der Waals surface area contributed by atoms with Crippen LogP contribution in [0.4, 0.5) is 5.82 Å². The molecule has 0 atom stereocenters. The van der Waals surface area contributed by atoms with Crippen molar-refractivity contribution in [2.75, 3.05) is 25.1 Å². The molecule has 1 saturated heterocycles. The van der Waals surface area contributed by atoms with Crippen LogP contribution in [-0.2, 0) is 14.8 Å². The Morgan fingerprint density at radius 1 is 1.35 bits per heavy atom. The van der Waals surface area contributed by atoms with E-state index < -0.39 is 15.6 Å². The van der Waals surface area contributed by atoms with Crippen LogP contribution in [0.25, 0.3) is 0 Å². The van der Waals surface area contributed by atoms with Gasteiger partial charge in [0.25, 0.3) is 0 Å². The van der Waals surface area contributed by atoms with E-state index in [2.05, 4.69) is 15.0 Å². The van der Waals surface area contributed by atoms with E-state index in [4.69, 9.17) is 4.74 Å². The molecule has 0 aliphatic carbocycles. The average Bonchev–Trinajstić information content (AvgIpc) is 2.39. The van der Waals surface area contributed by atoms with E-state index in [9.17, 15) is 8.42 Å². The van der Waals surface area contributed by atoms with Gasteiger partial charge < -0.3 is 10.1 Å². The average molecular weight is 299 g/mol. The topological polar surface area (TPSA) is 80.3 Å². The van der Waals surface area contributed by atoms with Crippen LogP contribution in [0.15, 0.2) is 23.2 Å². The van der Waals surface area contributed by atoms with Crippen molar-refractivity contribution in [2.24, 2.45) is 0 Å². The molecule has 20 heavy (non-hydrogen) atoms. The van der Waals surface area contributed by atoms with Gasteiger partial charge in [0.05, 0.1) is 0 Å². The van der Waals surface area contributed by atoms with Crippen LogP contribution in [-0.4, -0.2) is 38.7 Å². The third-order valence-electron chi connectivity index (χ3n) is 3.38. The molecule has 0 radical (unpaired) electrons. The molecular formula is C13H21N3O3S. The molecule has 0 spiro atoms. The summed E-state index contributed by atoms with van der Waals surface area (Å²) in [6.45, 7) is 5.77. The number of ether oxygens (including phenoxy) is 1. The van der Waals surface area contributed by atoms with Gasteiger partial charge in [-0.05, 0) is 38.8 Å². The van der Waals surface area contributed by atoms with Crippen molar-refractivity contribution in [2.45, 2.75) is 37.1 Å². The second kappa shape index (κ2) is 6.07. The minimum Gasteiger partial charge on any atom is -0.381 e. The zero-order chi connectivity index (χ0) is 14.6. The number of aromatic nitrogens is 1. The van der Waals surface area contributed by atoms with Crippen LogP contribution in [0.2, 0.25) is 0 Å². The Balaban J connectivity index is 2.13. The summed E-state index contributed by atoms with van der Waals surface area (Å²) in [6.07, 6.45) is 2.73. The number of rotatable bonds is 5. The van der Waals surface area contributed by atoms with E-state index in [1.54, 1.807) is 12.1 Å². The van der Waals surface area contributed by atoms with Gasteiger partial charge in [-0.15, -0.1) is 0 Å². The number of pyridine rings is 1. The lowest BCUT2D eigenvalue weighted by atomic mass is 9.94. The van der Waals surface area contributed by atoms with E-state index in [0.29, 0.717) is 31.9 Å². The van der Waals surface area contributed by atoms with E-state index in [0.717, 1.165) is 6.54 Å². The predicted molar refractivity (Wildman–Crippen MR) is 77.2 cm³/mol. The van der Waals surface area contributed by atoms with Crippen LogP contribution < -0.4 is 10.0 Å². The summed E-state index contributed by atoms with van der Waals surface area (Å²) >= 11 is 0. The molecule has 1 aliphatic heterocycles. The first-order valence-corrected chi connectivity index (χ1v) is 8.25. The SMILES string of the molecule is CCNc1ccc(S(=O)(=O)NC2(C)CCOCC2)cn1. The fourth-order valence-corrected chi connectivity index (χ4v) is 3.54. The summed E-state index contributed by atoms with van der Waals surface area (Å²) in [5.74, 6) is 0.670. The standard InChI is InChI=1S/C13H21N3O3S/c1-3-14-12-5-4-11(10-15-12)20(17,18)16-13(2)6-8-19-9-7-13/h4-5,10,16H,3,6-9H2,1-2H3,(H,14,15). The number of nitrogens with one attached hydrogen (secondary N) is 2. The highest BCUT2D eigenvalue weighted by atomic mass is 32.2. The monoisotopic (exact) mass is 299 g/mol. The minimum absolute atomic E-state index is 0.187. The summed E-state index contributed by atoms with van der Waals surface area (Å²) < 4.78 is 32.8. The Kier molecular flexibility index (Phi) is 4.62. The molecule has 0 saturated carbocycles. The van der Waals surface area contributed by atoms with Gasteiger partial charge in [0.15, 0.2) is 0 Å². The van der Waals surface area contributed by atoms with Crippen LogP contribution in [0, 0.1) is 0 Å². The van der Waals surface area contributed by atoms with Gasteiger partial charge in [-0.1, -0.05) is 0 Å². The molecule has 0 unspecified atom stereocenters. The quantitative estimate of drug-likeness (QED) is 0.858. The summed E-state index contributed by atoms with van der Waals surface area (Å²) in [5.41, 5.74) is -0.447. The molecule has 0 bridgehead atoms. The maximum atomic E-state index is 12.4. The molecule has 6 nitrogen and oxygen atoms in total. The number of sulfonamides is 1. The minimum atomic E-state index is -3.55. The van der Waals surface area contributed by atoms with Gasteiger partial charge in [-0.3, -0.25) is 0 Å². The van der Waals surface area contributed by atoms with Gasteiger partial charge in [0, 0.05) is 31.5 Å². The third kappa shape index (κ3) is 3.68. The Labute approximate surface area is 120 Å². The fraction of sp³-hybridized carbons (Fsp3) is 0.615. The molecular weight excluding hydrogens is 278 g/mol. The van der Waals surface area contributed by atoms with Gasteiger partial charge in [-0.2, -0.15) is 0 Å². The van der Waals surface area contributed by atoms with E-state index in [-0.39, 0.29) is 4.90 Å². The first-order valence-electron chi connectivity index (χ1n) is 6.77. The van der Waals surface area contributed by atoms with Crippen molar-refractivity contribution in [3.63, 3.8) is 0 Å². The zero-order valence-electron chi connectivity index (χ0n) is 11.8. The molecule has 0 amide bonds. The van der Waals surface area contributed by atoms with Crippen LogP contribution >= 0.6 is 0 Å². The predicted octanol–water partition coefficient (Wildman–Crippen LogP) is 1.36. The lowest BCUT2D eigenvalue weighted by molar-refractivity contribution is 0.0537. The molecule has 1 aromatic heterocycles. The molecule has 1 fully saturated rings. The van der Waals surface area contributed by atoms with Crippen LogP contribution in [0.3, 0.4) is 0 Å². The van der Waals surface area contributed by atoms with E-state index in [1.807, 2.05) is 13.8 Å². The maximum Gasteiger partial charge on any atom is 0.242 e. The molecule has 112 valence electrons. The van der Waals surface area contributed by atoms with Crippen molar-refractivity contribution in [1.29, 1.82) is 0 Å². The molecule has 2 heterocycles. The smallest absolute Gasteiger partial charge is 0.242 e. The van der Waals surface area contributed by atoms with Crippen molar-refractivity contribution in [3.05, 3.63) is 18.3 Å². The van der Waals surface area contributed by atoms with Crippen LogP contribution in [0.1, 0.15) is 26.7 Å². The molecule has 1 aliphatic rings. The Morgan fingerprint density at radius 2 is 2.05 bits per heavy atom. The number of hydrogen-bond donors (Lipinski definition) is 2. The largest absolute Gasteiger partial charge is 0.381 e. The Morgan fingerprint density at radius 3 is 2.60 bits per heavy atom. The highest BCUT2D eigenvalue weighted by molar-refractivity contribution is 7.89. The van der Waals surface area contributed by atoms with Gasteiger partial charge >= 0.3 is 0 Å². The molecule has 0 aromatic carbocycles. The second-order valence-corrected chi connectivity index (χ2v) is 6.87. The summed E-state index contributed by atoms with van der Waals surface area (Å²) in [4.78, 5) is 4.28. The van der Waals surface area contributed by atoms with Crippen molar-refractivity contribution in [1.82, 2.24) is 9.71 Å². The van der Waals surface area contributed by atoms with Gasteiger partial charge in [0.2, 0.25) is 10.0 Å². The lowest BCUT2D eigenvalue weighted by Crippen LogP contribution is -2.49. The van der Waals surface area contributed by atoms with Crippen molar-refractivity contribution in [3.8, 4) is 0 Å². The van der Waals surface area contributed by atoms with E-state index >= 15 is 0 Å². The summed E-state index contributed by atoms with van der Waals surface area (Å²) in [6, 6.07) is 3.24. The summed E-state index contributed by atoms with van der Waals surface area (Å²) in [5, 5.41) is 3.03. The third-order valence-corrected chi connectivity index (χ3v) is 5.01. The van der Waals surface area contributed by atoms with Crippen molar-refractivity contribution < 1.29 is 13.2 Å². The first kappa shape index (κ1) is 15.2. The zero-order valence-corrected chi connectivity index (χ0v) is 12.7. The highest BCUT2D eigenvalue weighted by Crippen LogP contribution is 2.23. The highest BCUT2D eigenvalue weighted by Gasteiger charge is 2.32. The molecule has 2 rings (SSSR count). The Bertz CT molecular complexity index is 536. The molecule has 1 aromatic rings. The van der Waals surface area contributed by atoms with Crippen LogP contribution in [0.5, 0.6) is 0 Å². The van der Waals surface area contributed by atoms with E-state index in [1.165, 1.54) is 6.20 Å². The number of hydrogen-bond acceptors (Lipinski definition) is 5. The molecule has 2 N–H and O–H groups in total. The van der Waals surface area contributed by atoms with Gasteiger partial charge in [0.1, 0.15) is 10.7 Å². The summed E-state index contributed by atoms with van der Waals surface area (Å²) in [7, 11) is -3.55. The number of anilines is 1. The Hall–Kier alpha value is -1.18. The normalized spacial score (nSPS) is 18.7. The maximum absolute atomic E-state index is 12.4. The van der Waals surface area contributed by atoms with Gasteiger partial charge in [-0.25, -0.2) is 18.1 Å². The fourth-order valence-electron chi connectivity index (χ4n) is 2.13.